The van der Waals surface area contributed by atoms with Gasteiger partial charge in [-0.3, -0.25) is 4.90 Å². The summed E-state index contributed by atoms with van der Waals surface area (Å²) in [4.78, 5) is 11.3. The first-order chi connectivity index (χ1) is 12.7. The second kappa shape index (κ2) is 7.56. The summed E-state index contributed by atoms with van der Waals surface area (Å²) in [6, 6.07) is 5.86. The van der Waals surface area contributed by atoms with Gasteiger partial charge < -0.3 is 14.4 Å². The van der Waals surface area contributed by atoms with E-state index >= 15 is 0 Å². The number of nitrogens with one attached hydrogen (secondary N) is 1. The Balaban J connectivity index is 1.54. The van der Waals surface area contributed by atoms with Gasteiger partial charge in [-0.2, -0.15) is 4.98 Å². The Morgan fingerprint density at radius 3 is 3.08 bits per heavy atom. The molecule has 8 nitrogen and oxygen atoms in total. The fourth-order valence-electron chi connectivity index (χ4n) is 2.87. The molecule has 9 heteroatoms. The number of aromatic nitrogens is 4. The lowest BCUT2D eigenvalue weighted by Crippen LogP contribution is -2.44. The molecule has 1 unspecified atom stereocenters. The molecule has 1 aliphatic rings. The standard InChI is InChI=1S/C17H20N6O2S/c1-11-8-12(21-24-11)10-26-17-13(4-3-5-19-17)16-20-15(22-25-16)14-9-18-6-7-23(14)2/h3-5,8,14,18H,6-7,9-10H2,1-2H3. The van der Waals surface area contributed by atoms with Crippen LogP contribution in [0.5, 0.6) is 0 Å². The van der Waals surface area contributed by atoms with Gasteiger partial charge in [0.15, 0.2) is 5.82 Å². The van der Waals surface area contributed by atoms with E-state index in [2.05, 4.69) is 37.5 Å². The fourth-order valence-corrected chi connectivity index (χ4v) is 3.74. The third kappa shape index (κ3) is 3.64. The summed E-state index contributed by atoms with van der Waals surface area (Å²) in [5, 5.41) is 12.4. The van der Waals surface area contributed by atoms with Gasteiger partial charge in [-0.1, -0.05) is 22.1 Å². The molecule has 3 aromatic rings. The van der Waals surface area contributed by atoms with Crippen molar-refractivity contribution in [1.82, 2.24) is 30.5 Å². The van der Waals surface area contributed by atoms with Gasteiger partial charge in [0.2, 0.25) is 0 Å². The van der Waals surface area contributed by atoms with Gasteiger partial charge in [0, 0.05) is 37.7 Å². The van der Waals surface area contributed by atoms with Crippen LogP contribution >= 0.6 is 11.8 Å². The van der Waals surface area contributed by atoms with E-state index in [0.29, 0.717) is 17.5 Å². The largest absolute Gasteiger partial charge is 0.361 e. The molecule has 1 saturated heterocycles. The van der Waals surface area contributed by atoms with E-state index < -0.39 is 0 Å². The van der Waals surface area contributed by atoms with E-state index in [-0.39, 0.29) is 6.04 Å². The molecule has 3 aromatic heterocycles. The molecule has 0 bridgehead atoms. The predicted octanol–water partition coefficient (Wildman–Crippen LogP) is 2.30. The smallest absolute Gasteiger partial charge is 0.260 e. The van der Waals surface area contributed by atoms with E-state index in [9.17, 15) is 0 Å². The Labute approximate surface area is 155 Å². The third-order valence-electron chi connectivity index (χ3n) is 4.29. The van der Waals surface area contributed by atoms with Crippen molar-refractivity contribution < 1.29 is 9.05 Å². The molecule has 0 radical (unpaired) electrons. The number of pyridine rings is 1. The Bertz CT molecular complexity index is 880. The van der Waals surface area contributed by atoms with Crippen molar-refractivity contribution in [3.05, 3.63) is 41.7 Å². The first kappa shape index (κ1) is 17.2. The minimum atomic E-state index is 0.118. The van der Waals surface area contributed by atoms with E-state index in [1.54, 1.807) is 18.0 Å². The van der Waals surface area contributed by atoms with E-state index in [0.717, 1.165) is 41.7 Å². The maximum atomic E-state index is 5.55. The zero-order valence-corrected chi connectivity index (χ0v) is 15.5. The quantitative estimate of drug-likeness (QED) is 0.677. The molecule has 0 saturated carbocycles. The van der Waals surface area contributed by atoms with Gasteiger partial charge >= 0.3 is 0 Å². The maximum absolute atomic E-state index is 5.55. The first-order valence-corrected chi connectivity index (χ1v) is 9.44. The highest BCUT2D eigenvalue weighted by Crippen LogP contribution is 2.31. The summed E-state index contributed by atoms with van der Waals surface area (Å²) < 4.78 is 10.7. The highest BCUT2D eigenvalue weighted by molar-refractivity contribution is 7.98. The number of likely N-dealkylation sites (N-methyl/N-ethyl adjacent to an activating group) is 1. The zero-order valence-electron chi connectivity index (χ0n) is 14.7. The normalized spacial score (nSPS) is 18.3. The van der Waals surface area contributed by atoms with Gasteiger partial charge in [0.25, 0.3) is 5.89 Å². The predicted molar refractivity (Wildman–Crippen MR) is 96.6 cm³/mol. The lowest BCUT2D eigenvalue weighted by atomic mass is 10.2. The Hall–Kier alpha value is -2.23. The maximum Gasteiger partial charge on any atom is 0.260 e. The lowest BCUT2D eigenvalue weighted by Gasteiger charge is -2.30. The molecule has 0 amide bonds. The number of rotatable bonds is 5. The molecule has 0 aliphatic carbocycles. The Kier molecular flexibility index (Phi) is 5.00. The van der Waals surface area contributed by atoms with Crippen LogP contribution in [0.1, 0.15) is 23.3 Å². The average molecular weight is 372 g/mol. The van der Waals surface area contributed by atoms with E-state index in [1.807, 2.05) is 25.1 Å². The van der Waals surface area contributed by atoms with Crippen LogP contribution in [0.15, 0.2) is 38.5 Å². The van der Waals surface area contributed by atoms with Crippen molar-refractivity contribution in [2.75, 3.05) is 26.7 Å². The summed E-state index contributed by atoms with van der Waals surface area (Å²) in [5.74, 6) is 2.65. The number of hydrogen-bond donors (Lipinski definition) is 1. The number of hydrogen-bond acceptors (Lipinski definition) is 9. The van der Waals surface area contributed by atoms with Crippen LogP contribution in [-0.2, 0) is 5.75 Å². The zero-order chi connectivity index (χ0) is 17.9. The second-order valence-corrected chi connectivity index (χ2v) is 7.20. The van der Waals surface area contributed by atoms with Crippen molar-refractivity contribution in [3.8, 4) is 11.5 Å². The molecule has 0 spiro atoms. The van der Waals surface area contributed by atoms with Gasteiger partial charge in [0.05, 0.1) is 17.3 Å². The van der Waals surface area contributed by atoms with E-state index in [4.69, 9.17) is 9.05 Å². The summed E-state index contributed by atoms with van der Waals surface area (Å²) >= 11 is 1.57. The highest BCUT2D eigenvalue weighted by atomic mass is 32.2. The Morgan fingerprint density at radius 2 is 2.27 bits per heavy atom. The van der Waals surface area contributed by atoms with Crippen molar-refractivity contribution in [3.63, 3.8) is 0 Å². The minimum absolute atomic E-state index is 0.118. The molecule has 4 heterocycles. The molecule has 1 fully saturated rings. The monoisotopic (exact) mass is 372 g/mol. The molecule has 0 aromatic carbocycles. The molecular weight excluding hydrogens is 352 g/mol. The Morgan fingerprint density at radius 1 is 1.35 bits per heavy atom. The molecule has 1 N–H and O–H groups in total. The fraction of sp³-hybridized carbons (Fsp3) is 0.412. The highest BCUT2D eigenvalue weighted by Gasteiger charge is 2.26. The van der Waals surface area contributed by atoms with Gasteiger partial charge in [-0.05, 0) is 26.1 Å². The minimum Gasteiger partial charge on any atom is -0.361 e. The van der Waals surface area contributed by atoms with Crippen LogP contribution in [0.2, 0.25) is 0 Å². The summed E-state index contributed by atoms with van der Waals surface area (Å²) in [5.41, 5.74) is 1.72. The molecule has 26 heavy (non-hydrogen) atoms. The lowest BCUT2D eigenvalue weighted by molar-refractivity contribution is 0.190. The summed E-state index contributed by atoms with van der Waals surface area (Å²) in [6.45, 7) is 4.63. The number of nitrogens with zero attached hydrogens (tertiary/aromatic N) is 5. The summed E-state index contributed by atoms with van der Waals surface area (Å²) in [6.07, 6.45) is 1.76. The molecular formula is C17H20N6O2S. The van der Waals surface area contributed by atoms with Crippen molar-refractivity contribution >= 4 is 11.8 Å². The molecule has 1 aliphatic heterocycles. The van der Waals surface area contributed by atoms with Crippen LogP contribution in [0.4, 0.5) is 0 Å². The summed E-state index contributed by atoms with van der Waals surface area (Å²) in [7, 11) is 2.08. The number of aryl methyl sites for hydroxylation is 1. The molecule has 4 rings (SSSR count). The first-order valence-electron chi connectivity index (χ1n) is 8.45. The number of piperazine rings is 1. The van der Waals surface area contributed by atoms with Crippen LogP contribution in [0.25, 0.3) is 11.5 Å². The van der Waals surface area contributed by atoms with Gasteiger partial charge in [-0.15, -0.1) is 0 Å². The van der Waals surface area contributed by atoms with Crippen LogP contribution in [-0.4, -0.2) is 51.9 Å². The van der Waals surface area contributed by atoms with Gasteiger partial charge in [-0.25, -0.2) is 4.98 Å². The van der Waals surface area contributed by atoms with Crippen LogP contribution in [0, 0.1) is 6.92 Å². The van der Waals surface area contributed by atoms with Gasteiger partial charge in [0.1, 0.15) is 10.8 Å². The van der Waals surface area contributed by atoms with Crippen molar-refractivity contribution in [2.24, 2.45) is 0 Å². The molecule has 1 atom stereocenters. The molecule has 136 valence electrons. The van der Waals surface area contributed by atoms with Crippen LogP contribution < -0.4 is 5.32 Å². The SMILES string of the molecule is Cc1cc(CSc2ncccc2-c2nc(C3CNCCN3C)no2)no1. The van der Waals surface area contributed by atoms with Crippen molar-refractivity contribution in [2.45, 2.75) is 23.7 Å². The average Bonchev–Trinajstić information content (AvgIpc) is 3.30. The third-order valence-corrected chi connectivity index (χ3v) is 5.32. The number of thioether (sulfide) groups is 1. The van der Waals surface area contributed by atoms with E-state index in [1.165, 1.54) is 0 Å². The topological polar surface area (TPSA) is 93.1 Å². The van der Waals surface area contributed by atoms with Crippen LogP contribution in [0.3, 0.4) is 0 Å². The second-order valence-electron chi connectivity index (χ2n) is 6.23. The van der Waals surface area contributed by atoms with Crippen molar-refractivity contribution in [1.29, 1.82) is 0 Å².